The second-order valence-corrected chi connectivity index (χ2v) is 6.27. The molecule has 0 saturated heterocycles. The van der Waals surface area contributed by atoms with Crippen LogP contribution in [0.1, 0.15) is 29.9 Å². The molecule has 1 heterocycles. The number of nitrogens with one attached hydrogen (secondary N) is 1. The predicted molar refractivity (Wildman–Crippen MR) is 81.7 cm³/mol. The number of rotatable bonds is 4. The van der Waals surface area contributed by atoms with E-state index in [2.05, 4.69) is 42.7 Å². The normalized spacial score (nSPS) is 11.1. The first-order valence-electron chi connectivity index (χ1n) is 6.32. The summed E-state index contributed by atoms with van der Waals surface area (Å²) in [6.45, 7) is 7.28. The Labute approximate surface area is 118 Å². The molecule has 2 nitrogen and oxygen atoms in total. The third kappa shape index (κ3) is 2.97. The first-order valence-corrected chi connectivity index (χ1v) is 7.20. The molecule has 0 saturated carbocycles. The first-order chi connectivity index (χ1) is 9.04. The van der Waals surface area contributed by atoms with Gasteiger partial charge >= 0.3 is 0 Å². The van der Waals surface area contributed by atoms with E-state index in [0.717, 1.165) is 17.8 Å². The third-order valence-electron chi connectivity index (χ3n) is 3.29. The van der Waals surface area contributed by atoms with Crippen LogP contribution < -0.4 is 5.32 Å². The molecule has 0 radical (unpaired) electrons. The van der Waals surface area contributed by atoms with Crippen molar-refractivity contribution in [1.29, 1.82) is 5.26 Å². The van der Waals surface area contributed by atoms with Gasteiger partial charge in [0.15, 0.2) is 0 Å². The summed E-state index contributed by atoms with van der Waals surface area (Å²) in [5.74, 6) is 0. The van der Waals surface area contributed by atoms with Crippen LogP contribution >= 0.6 is 11.3 Å². The maximum absolute atomic E-state index is 9.17. The molecule has 0 unspecified atom stereocenters. The topological polar surface area (TPSA) is 35.8 Å². The predicted octanol–water partition coefficient (Wildman–Crippen LogP) is 4.32. The van der Waals surface area contributed by atoms with Crippen LogP contribution in [0.15, 0.2) is 35.7 Å². The van der Waals surface area contributed by atoms with Crippen molar-refractivity contribution in [3.05, 3.63) is 51.7 Å². The van der Waals surface area contributed by atoms with E-state index in [0.29, 0.717) is 5.56 Å². The van der Waals surface area contributed by atoms with Crippen LogP contribution in [-0.2, 0) is 5.41 Å². The van der Waals surface area contributed by atoms with Crippen LogP contribution in [0.5, 0.6) is 0 Å². The van der Waals surface area contributed by atoms with Gasteiger partial charge in [0.05, 0.1) is 11.3 Å². The van der Waals surface area contributed by atoms with Crippen LogP contribution in [0, 0.1) is 18.3 Å². The second kappa shape index (κ2) is 5.46. The fraction of sp³-hybridized carbons (Fsp3) is 0.312. The number of aryl methyl sites for hydroxylation is 1. The van der Waals surface area contributed by atoms with Crippen molar-refractivity contribution in [1.82, 2.24) is 0 Å². The molecule has 19 heavy (non-hydrogen) atoms. The van der Waals surface area contributed by atoms with E-state index in [1.165, 1.54) is 4.88 Å². The molecule has 0 fully saturated rings. The van der Waals surface area contributed by atoms with E-state index < -0.39 is 0 Å². The lowest BCUT2D eigenvalue weighted by molar-refractivity contribution is 0.569. The largest absolute Gasteiger partial charge is 0.383 e. The Morgan fingerprint density at radius 2 is 2.05 bits per heavy atom. The Bertz CT molecular complexity index is 592. The summed E-state index contributed by atoms with van der Waals surface area (Å²) in [5.41, 5.74) is 2.83. The highest BCUT2D eigenvalue weighted by atomic mass is 32.1. The Kier molecular flexibility index (Phi) is 3.92. The Hall–Kier alpha value is -1.79. The molecular weight excluding hydrogens is 252 g/mol. The SMILES string of the molecule is Cc1cccc(C#N)c1NCC(C)(C)c1cccs1. The monoisotopic (exact) mass is 270 g/mol. The van der Waals surface area contributed by atoms with Crippen molar-refractivity contribution in [2.75, 3.05) is 11.9 Å². The summed E-state index contributed by atoms with van der Waals surface area (Å²) < 4.78 is 0. The molecule has 1 N–H and O–H groups in total. The summed E-state index contributed by atoms with van der Waals surface area (Å²) in [6, 6.07) is 12.3. The Morgan fingerprint density at radius 1 is 1.26 bits per heavy atom. The van der Waals surface area contributed by atoms with Gasteiger partial charge in [0.2, 0.25) is 0 Å². The number of anilines is 1. The molecule has 0 atom stereocenters. The first kappa shape index (κ1) is 13.6. The number of para-hydroxylation sites is 1. The van der Waals surface area contributed by atoms with Gasteiger partial charge in [-0.2, -0.15) is 5.26 Å². The lowest BCUT2D eigenvalue weighted by Crippen LogP contribution is -2.27. The number of nitriles is 1. The maximum atomic E-state index is 9.17. The summed E-state index contributed by atoms with van der Waals surface area (Å²) in [5, 5.41) is 14.7. The fourth-order valence-electron chi connectivity index (χ4n) is 2.06. The van der Waals surface area contributed by atoms with Gasteiger partial charge in [-0.25, -0.2) is 0 Å². The second-order valence-electron chi connectivity index (χ2n) is 5.32. The molecule has 0 aliphatic rings. The highest BCUT2D eigenvalue weighted by molar-refractivity contribution is 7.10. The Balaban J connectivity index is 2.18. The third-order valence-corrected chi connectivity index (χ3v) is 4.52. The minimum absolute atomic E-state index is 0.0587. The molecule has 0 aliphatic carbocycles. The van der Waals surface area contributed by atoms with Gasteiger partial charge < -0.3 is 5.32 Å². The zero-order chi connectivity index (χ0) is 13.9. The van der Waals surface area contributed by atoms with Gasteiger partial charge in [0, 0.05) is 16.8 Å². The average Bonchev–Trinajstić information content (AvgIpc) is 2.91. The fourth-order valence-corrected chi connectivity index (χ4v) is 2.91. The maximum Gasteiger partial charge on any atom is 0.101 e. The smallest absolute Gasteiger partial charge is 0.101 e. The molecule has 0 spiro atoms. The van der Waals surface area contributed by atoms with Gasteiger partial charge in [0.1, 0.15) is 6.07 Å². The molecular formula is C16H18N2S. The Morgan fingerprint density at radius 3 is 2.68 bits per heavy atom. The van der Waals surface area contributed by atoms with Gasteiger partial charge in [-0.1, -0.05) is 32.0 Å². The highest BCUT2D eigenvalue weighted by Crippen LogP contribution is 2.29. The zero-order valence-electron chi connectivity index (χ0n) is 11.5. The van der Waals surface area contributed by atoms with E-state index in [1.54, 1.807) is 11.3 Å². The molecule has 1 aromatic heterocycles. The molecule has 0 aliphatic heterocycles. The number of hydrogen-bond donors (Lipinski definition) is 1. The zero-order valence-corrected chi connectivity index (χ0v) is 12.3. The number of thiophene rings is 1. The summed E-state index contributed by atoms with van der Waals surface area (Å²) >= 11 is 1.77. The van der Waals surface area contributed by atoms with Crippen LogP contribution in [-0.4, -0.2) is 6.54 Å². The number of nitrogens with zero attached hydrogens (tertiary/aromatic N) is 1. The standard InChI is InChI=1S/C16H18N2S/c1-12-6-4-7-13(10-17)15(12)18-11-16(2,3)14-8-5-9-19-14/h4-9,18H,11H2,1-3H3. The molecule has 1 aromatic carbocycles. The minimum atomic E-state index is 0.0587. The number of benzene rings is 1. The molecule has 2 aromatic rings. The van der Waals surface area contributed by atoms with Gasteiger partial charge in [0.25, 0.3) is 0 Å². The van der Waals surface area contributed by atoms with Crippen molar-refractivity contribution in [3.63, 3.8) is 0 Å². The van der Waals surface area contributed by atoms with Crippen molar-refractivity contribution < 1.29 is 0 Å². The highest BCUT2D eigenvalue weighted by Gasteiger charge is 2.22. The number of hydrogen-bond acceptors (Lipinski definition) is 3. The molecule has 0 bridgehead atoms. The molecule has 98 valence electrons. The lowest BCUT2D eigenvalue weighted by Gasteiger charge is -2.25. The van der Waals surface area contributed by atoms with E-state index in [4.69, 9.17) is 5.26 Å². The van der Waals surface area contributed by atoms with E-state index >= 15 is 0 Å². The van der Waals surface area contributed by atoms with Crippen molar-refractivity contribution >= 4 is 17.0 Å². The lowest BCUT2D eigenvalue weighted by atomic mass is 9.91. The van der Waals surface area contributed by atoms with E-state index in [1.807, 2.05) is 25.1 Å². The summed E-state index contributed by atoms with van der Waals surface area (Å²) in [6.07, 6.45) is 0. The van der Waals surface area contributed by atoms with Crippen LogP contribution in [0.3, 0.4) is 0 Å². The van der Waals surface area contributed by atoms with Gasteiger partial charge in [-0.05, 0) is 30.0 Å². The summed E-state index contributed by atoms with van der Waals surface area (Å²) in [7, 11) is 0. The van der Waals surface area contributed by atoms with E-state index in [-0.39, 0.29) is 5.41 Å². The van der Waals surface area contributed by atoms with Crippen molar-refractivity contribution in [2.24, 2.45) is 0 Å². The molecule has 0 amide bonds. The summed E-state index contributed by atoms with van der Waals surface area (Å²) in [4.78, 5) is 1.35. The molecule has 3 heteroatoms. The minimum Gasteiger partial charge on any atom is -0.383 e. The van der Waals surface area contributed by atoms with Gasteiger partial charge in [-0.15, -0.1) is 11.3 Å². The van der Waals surface area contributed by atoms with Crippen molar-refractivity contribution in [3.8, 4) is 6.07 Å². The quantitative estimate of drug-likeness (QED) is 0.898. The molecule has 2 rings (SSSR count). The van der Waals surface area contributed by atoms with Crippen LogP contribution in [0.25, 0.3) is 0 Å². The average molecular weight is 270 g/mol. The van der Waals surface area contributed by atoms with Crippen molar-refractivity contribution in [2.45, 2.75) is 26.2 Å². The van der Waals surface area contributed by atoms with E-state index in [9.17, 15) is 0 Å². The van der Waals surface area contributed by atoms with Crippen LogP contribution in [0.2, 0.25) is 0 Å². The van der Waals surface area contributed by atoms with Crippen LogP contribution in [0.4, 0.5) is 5.69 Å². The van der Waals surface area contributed by atoms with Gasteiger partial charge in [-0.3, -0.25) is 0 Å².